The molecule has 1 heterocycles. The summed E-state index contributed by atoms with van der Waals surface area (Å²) in [6.45, 7) is 8.47. The van der Waals surface area contributed by atoms with Crippen LogP contribution in [0.25, 0.3) is 11.6 Å². The number of hydrogen-bond donors (Lipinski definition) is 2. The van der Waals surface area contributed by atoms with Gasteiger partial charge >= 0.3 is 0 Å². The molecule has 1 N–H and O–H groups in total. The molecule has 0 saturated carbocycles. The lowest BCUT2D eigenvalue weighted by Crippen LogP contribution is -2.20. The smallest absolute Gasteiger partial charge is 0.168 e. The molecule has 0 radical (unpaired) electrons. The molecule has 210 valence electrons. The first kappa shape index (κ1) is 27.6. The van der Waals surface area contributed by atoms with Crippen molar-refractivity contribution < 1.29 is 13.2 Å². The van der Waals surface area contributed by atoms with Crippen molar-refractivity contribution >= 4 is 33.7 Å². The Bertz CT molecular complexity index is 2010. The number of ether oxygens (including phenoxy) is 1. The van der Waals surface area contributed by atoms with Gasteiger partial charge in [0.2, 0.25) is 0 Å². The Balaban J connectivity index is 1.51. The van der Waals surface area contributed by atoms with Gasteiger partial charge in [0.15, 0.2) is 10.7 Å². The van der Waals surface area contributed by atoms with Gasteiger partial charge in [-0.05, 0) is 97.5 Å². The van der Waals surface area contributed by atoms with E-state index in [4.69, 9.17) is 4.74 Å². The number of nitrogens with one attached hydrogen (secondary N) is 1. The van der Waals surface area contributed by atoms with E-state index in [2.05, 4.69) is 87.6 Å². The highest BCUT2D eigenvalue weighted by molar-refractivity contribution is 7.72. The van der Waals surface area contributed by atoms with E-state index in [0.717, 1.165) is 50.5 Å². The topological polar surface area (TPSA) is 55.4 Å². The molecule has 0 unspecified atom stereocenters. The zero-order valence-electron chi connectivity index (χ0n) is 24.2. The van der Waals surface area contributed by atoms with E-state index in [1.165, 1.54) is 16.7 Å². The maximum absolute atomic E-state index is 12.3. The van der Waals surface area contributed by atoms with Crippen molar-refractivity contribution in [3.05, 3.63) is 146 Å². The lowest BCUT2D eigenvalue weighted by atomic mass is 9.92. The molecule has 42 heavy (non-hydrogen) atoms. The average molecular weight is 572 g/mol. The van der Waals surface area contributed by atoms with Crippen LogP contribution in [-0.2, 0) is 17.1 Å². The van der Waals surface area contributed by atoms with Crippen molar-refractivity contribution in [3.63, 3.8) is 0 Å². The number of thiol groups is 1. The summed E-state index contributed by atoms with van der Waals surface area (Å²) in [6, 6.07) is 32.0. The summed E-state index contributed by atoms with van der Waals surface area (Å²) in [7, 11) is -2.79. The summed E-state index contributed by atoms with van der Waals surface area (Å²) in [5.74, 6) is 1.38. The van der Waals surface area contributed by atoms with Crippen molar-refractivity contribution in [2.24, 2.45) is 0 Å². The summed E-state index contributed by atoms with van der Waals surface area (Å²) in [4.78, 5) is 0.296. The molecule has 6 rings (SSSR count). The molecule has 0 aromatic heterocycles. The quantitative estimate of drug-likeness (QED) is 0.211. The molecule has 0 spiro atoms. The van der Waals surface area contributed by atoms with Crippen LogP contribution in [0.15, 0.2) is 102 Å². The van der Waals surface area contributed by atoms with E-state index in [9.17, 15) is 8.42 Å². The van der Waals surface area contributed by atoms with Crippen molar-refractivity contribution in [1.82, 2.24) is 0 Å². The number of rotatable bonds is 6. The minimum absolute atomic E-state index is 0.296. The molecular formula is C37H33NO3S. The van der Waals surface area contributed by atoms with Crippen LogP contribution in [0, 0.1) is 27.7 Å². The molecule has 0 saturated heterocycles. The van der Waals surface area contributed by atoms with Gasteiger partial charge < -0.3 is 10.1 Å². The molecule has 0 amide bonds. The van der Waals surface area contributed by atoms with Crippen molar-refractivity contribution in [1.29, 1.82) is 0 Å². The number of benzene rings is 5. The predicted molar refractivity (Wildman–Crippen MR) is 172 cm³/mol. The second-order valence-electron chi connectivity index (χ2n) is 10.9. The van der Waals surface area contributed by atoms with Gasteiger partial charge in [0.1, 0.15) is 11.5 Å². The summed E-state index contributed by atoms with van der Waals surface area (Å²) < 4.78 is 31.2. The standard InChI is InChI=1S/C37H33NO3S/c1-23-9-7-10-24(2)29(23)18-15-27-16-19-30-33(21-27)41-34-22-28(38-37-25(3)11-8-12-26(37)4)17-20-31(34)36(30)32-13-5-6-14-35(32)42(39)40/h5-17,19-22,38,42H,18H2,1-4H3/b27-15+. The largest absolute Gasteiger partial charge is 0.456 e. The van der Waals surface area contributed by atoms with Gasteiger partial charge in [-0.3, -0.25) is 0 Å². The van der Waals surface area contributed by atoms with E-state index in [1.54, 1.807) is 12.1 Å². The minimum Gasteiger partial charge on any atom is -0.456 e. The van der Waals surface area contributed by atoms with E-state index in [-0.39, 0.29) is 0 Å². The average Bonchev–Trinajstić information content (AvgIpc) is 2.97. The number of hydrogen-bond acceptors (Lipinski definition) is 4. The third-order valence-electron chi connectivity index (χ3n) is 8.05. The van der Waals surface area contributed by atoms with Gasteiger partial charge in [-0.2, -0.15) is 0 Å². The van der Waals surface area contributed by atoms with Crippen LogP contribution >= 0.6 is 0 Å². The molecule has 1 aliphatic rings. The Labute approximate surface area is 248 Å². The number of para-hydroxylation sites is 1. The van der Waals surface area contributed by atoms with E-state index >= 15 is 0 Å². The van der Waals surface area contributed by atoms with Crippen molar-refractivity contribution in [2.45, 2.75) is 39.0 Å². The zero-order valence-corrected chi connectivity index (χ0v) is 25.1. The van der Waals surface area contributed by atoms with Crippen molar-refractivity contribution in [2.75, 3.05) is 5.32 Å². The molecule has 0 fully saturated rings. The summed E-state index contributed by atoms with van der Waals surface area (Å²) in [5.41, 5.74) is 10.5. The third kappa shape index (κ3) is 5.24. The maximum atomic E-state index is 12.3. The number of fused-ring (bicyclic) bond motifs is 2. The zero-order chi connectivity index (χ0) is 29.4. The summed E-state index contributed by atoms with van der Waals surface area (Å²) in [6.07, 6.45) is 3.03. The lowest BCUT2D eigenvalue weighted by molar-refractivity contribution is 0.472. The molecule has 5 heteroatoms. The van der Waals surface area contributed by atoms with Gasteiger partial charge in [-0.15, -0.1) is 0 Å². The normalized spacial score (nSPS) is 12.6. The number of aryl methyl sites for hydroxylation is 4. The molecular weight excluding hydrogens is 538 g/mol. The van der Waals surface area contributed by atoms with Crippen LogP contribution in [0.4, 0.5) is 11.4 Å². The second kappa shape index (κ2) is 11.3. The van der Waals surface area contributed by atoms with Crippen LogP contribution in [0.2, 0.25) is 0 Å². The summed E-state index contributed by atoms with van der Waals surface area (Å²) in [5, 5.41) is 5.48. The molecule has 5 aromatic rings. The molecule has 0 atom stereocenters. The Morgan fingerprint density at radius 3 is 2.10 bits per heavy atom. The SMILES string of the molecule is Cc1cccc(C)c1C/C=c1\ccc2c(c1)Oc1cc(Nc3c(C)cccc3C)ccc1C=2c1ccccc1[SH](=O)=O. The van der Waals surface area contributed by atoms with Crippen LogP contribution < -0.4 is 20.5 Å². The van der Waals surface area contributed by atoms with Gasteiger partial charge in [-0.25, -0.2) is 8.42 Å². The Hall–Kier alpha value is -4.61. The highest BCUT2D eigenvalue weighted by atomic mass is 32.2. The fourth-order valence-electron chi connectivity index (χ4n) is 5.79. The highest BCUT2D eigenvalue weighted by Gasteiger charge is 2.23. The Kier molecular flexibility index (Phi) is 7.44. The van der Waals surface area contributed by atoms with E-state index < -0.39 is 10.7 Å². The highest BCUT2D eigenvalue weighted by Crippen LogP contribution is 2.39. The van der Waals surface area contributed by atoms with Crippen LogP contribution in [0.3, 0.4) is 0 Å². The van der Waals surface area contributed by atoms with E-state index in [0.29, 0.717) is 22.0 Å². The first-order valence-corrected chi connectivity index (χ1v) is 15.3. The Morgan fingerprint density at radius 1 is 0.690 bits per heavy atom. The van der Waals surface area contributed by atoms with Crippen LogP contribution in [0.5, 0.6) is 11.5 Å². The maximum Gasteiger partial charge on any atom is 0.168 e. The summed E-state index contributed by atoms with van der Waals surface area (Å²) >= 11 is 0. The van der Waals surface area contributed by atoms with Gasteiger partial charge in [0.05, 0.1) is 4.90 Å². The monoisotopic (exact) mass is 571 g/mol. The first-order chi connectivity index (χ1) is 20.3. The number of anilines is 2. The Morgan fingerprint density at radius 2 is 1.38 bits per heavy atom. The first-order valence-electron chi connectivity index (χ1n) is 14.1. The van der Waals surface area contributed by atoms with E-state index in [1.807, 2.05) is 36.4 Å². The van der Waals surface area contributed by atoms with Crippen LogP contribution in [0.1, 0.15) is 38.9 Å². The minimum atomic E-state index is -2.79. The van der Waals surface area contributed by atoms with Gasteiger partial charge in [0, 0.05) is 39.4 Å². The lowest BCUT2D eigenvalue weighted by Gasteiger charge is -2.23. The molecule has 0 aliphatic carbocycles. The molecule has 1 aliphatic heterocycles. The van der Waals surface area contributed by atoms with Crippen molar-refractivity contribution in [3.8, 4) is 11.5 Å². The second-order valence-corrected chi connectivity index (χ2v) is 11.9. The molecule has 5 aromatic carbocycles. The van der Waals surface area contributed by atoms with Gasteiger partial charge in [0.25, 0.3) is 0 Å². The third-order valence-corrected chi connectivity index (χ3v) is 8.84. The fraction of sp³-hybridized carbons (Fsp3) is 0.135. The van der Waals surface area contributed by atoms with Crippen LogP contribution in [-0.4, -0.2) is 8.42 Å². The fourth-order valence-corrected chi connectivity index (χ4v) is 6.38. The van der Waals surface area contributed by atoms with Gasteiger partial charge in [-0.1, -0.05) is 66.7 Å². The predicted octanol–water partition coefficient (Wildman–Crippen LogP) is 7.01. The molecule has 0 bridgehead atoms. The molecule has 4 nitrogen and oxygen atoms in total.